The highest BCUT2D eigenvalue weighted by Gasteiger charge is 2.23. The van der Waals surface area contributed by atoms with E-state index in [1.165, 1.54) is 44.9 Å². The van der Waals surface area contributed by atoms with Gasteiger partial charge in [0.1, 0.15) is 0 Å². The molecule has 4 nitrogen and oxygen atoms in total. The third kappa shape index (κ3) is 4.74. The van der Waals surface area contributed by atoms with Gasteiger partial charge in [-0.15, -0.1) is 0 Å². The molecule has 4 heteroatoms. The molecular weight excluding hydrogens is 250 g/mol. The first kappa shape index (κ1) is 15.8. The van der Waals surface area contributed by atoms with Crippen LogP contribution in [0.15, 0.2) is 0 Å². The van der Waals surface area contributed by atoms with Crippen LogP contribution >= 0.6 is 0 Å². The van der Waals surface area contributed by atoms with E-state index in [4.69, 9.17) is 0 Å². The molecule has 1 N–H and O–H groups in total. The average Bonchev–Trinajstić information content (AvgIpc) is 2.48. The molecule has 1 aliphatic carbocycles. The minimum absolute atomic E-state index is 0.295. The number of likely N-dealkylation sites (N-methyl/N-ethyl adjacent to an activating group) is 2. The molecule has 116 valence electrons. The molecule has 2 fully saturated rings. The Morgan fingerprint density at radius 2 is 1.85 bits per heavy atom. The molecule has 1 atom stereocenters. The lowest BCUT2D eigenvalue weighted by Gasteiger charge is -2.33. The molecule has 1 unspecified atom stereocenters. The number of nitrogens with one attached hydrogen (secondary N) is 1. The summed E-state index contributed by atoms with van der Waals surface area (Å²) in [6.45, 7) is 3.88. The minimum atomic E-state index is 0.295. The Labute approximate surface area is 123 Å². The lowest BCUT2D eigenvalue weighted by atomic mass is 9.94. The molecule has 1 saturated carbocycles. The largest absolute Gasteiger partial charge is 0.342 e. The van der Waals surface area contributed by atoms with Gasteiger partial charge in [-0.3, -0.25) is 9.69 Å². The van der Waals surface area contributed by atoms with Crippen LogP contribution in [0.4, 0.5) is 0 Å². The molecule has 2 aliphatic rings. The highest BCUT2D eigenvalue weighted by Crippen LogP contribution is 2.21. The van der Waals surface area contributed by atoms with Gasteiger partial charge in [-0.1, -0.05) is 19.3 Å². The number of carbonyl (C=O) groups is 1. The SMILES string of the molecule is CN(CC(=O)N(C)C1CCCCC1)CC1CCCNC1. The molecule has 0 aromatic heterocycles. The number of amides is 1. The first-order valence-electron chi connectivity index (χ1n) is 8.31. The average molecular weight is 281 g/mol. The highest BCUT2D eigenvalue weighted by atomic mass is 16.2. The van der Waals surface area contributed by atoms with Gasteiger partial charge in [0.25, 0.3) is 0 Å². The number of piperidine rings is 1. The van der Waals surface area contributed by atoms with Crippen LogP contribution in [0, 0.1) is 5.92 Å². The summed E-state index contributed by atoms with van der Waals surface area (Å²) < 4.78 is 0. The standard InChI is InChI=1S/C16H31N3O/c1-18(12-14-7-6-10-17-11-14)13-16(20)19(2)15-8-4-3-5-9-15/h14-15,17H,3-13H2,1-2H3. The van der Waals surface area contributed by atoms with Crippen molar-refractivity contribution >= 4 is 5.91 Å². The summed E-state index contributed by atoms with van der Waals surface area (Å²) in [5, 5.41) is 3.45. The second-order valence-electron chi connectivity index (χ2n) is 6.71. The maximum Gasteiger partial charge on any atom is 0.236 e. The second kappa shape index (κ2) is 7.99. The Hall–Kier alpha value is -0.610. The molecule has 0 aromatic carbocycles. The van der Waals surface area contributed by atoms with Crippen molar-refractivity contribution in [2.24, 2.45) is 5.92 Å². The number of rotatable bonds is 5. The van der Waals surface area contributed by atoms with Crippen molar-refractivity contribution in [3.63, 3.8) is 0 Å². The third-order valence-electron chi connectivity index (χ3n) is 4.89. The molecule has 0 aromatic rings. The van der Waals surface area contributed by atoms with Gasteiger partial charge in [0.15, 0.2) is 0 Å². The molecule has 1 aliphatic heterocycles. The van der Waals surface area contributed by atoms with E-state index in [0.29, 0.717) is 24.4 Å². The predicted octanol–water partition coefficient (Wildman–Crippen LogP) is 1.71. The van der Waals surface area contributed by atoms with Crippen molar-refractivity contribution in [3.05, 3.63) is 0 Å². The van der Waals surface area contributed by atoms with Crippen molar-refractivity contribution in [3.8, 4) is 0 Å². The maximum absolute atomic E-state index is 12.4. The van der Waals surface area contributed by atoms with E-state index in [-0.39, 0.29) is 0 Å². The summed E-state index contributed by atoms with van der Waals surface area (Å²) in [7, 11) is 4.08. The molecular formula is C16H31N3O. The van der Waals surface area contributed by atoms with Crippen molar-refractivity contribution in [2.45, 2.75) is 51.0 Å². The van der Waals surface area contributed by atoms with E-state index in [2.05, 4.69) is 17.3 Å². The second-order valence-corrected chi connectivity index (χ2v) is 6.71. The molecule has 0 radical (unpaired) electrons. The van der Waals surface area contributed by atoms with Crippen molar-refractivity contribution in [1.82, 2.24) is 15.1 Å². The zero-order valence-electron chi connectivity index (χ0n) is 13.2. The molecule has 20 heavy (non-hydrogen) atoms. The fourth-order valence-corrected chi connectivity index (χ4v) is 3.60. The van der Waals surface area contributed by atoms with Gasteiger partial charge < -0.3 is 10.2 Å². The van der Waals surface area contributed by atoms with Gasteiger partial charge >= 0.3 is 0 Å². The fourth-order valence-electron chi connectivity index (χ4n) is 3.60. The molecule has 0 spiro atoms. The Bertz CT molecular complexity index is 296. The van der Waals surface area contributed by atoms with E-state index in [1.807, 2.05) is 11.9 Å². The molecule has 1 amide bonds. The van der Waals surface area contributed by atoms with Crippen molar-refractivity contribution in [1.29, 1.82) is 0 Å². The topological polar surface area (TPSA) is 35.6 Å². The van der Waals surface area contributed by atoms with Gasteiger partial charge in [0, 0.05) is 19.6 Å². The smallest absolute Gasteiger partial charge is 0.236 e. The van der Waals surface area contributed by atoms with Crippen molar-refractivity contribution < 1.29 is 4.79 Å². The highest BCUT2D eigenvalue weighted by molar-refractivity contribution is 5.78. The van der Waals surface area contributed by atoms with Gasteiger partial charge in [0.2, 0.25) is 5.91 Å². The fraction of sp³-hybridized carbons (Fsp3) is 0.938. The maximum atomic E-state index is 12.4. The lowest BCUT2D eigenvalue weighted by Crippen LogP contribution is -2.45. The third-order valence-corrected chi connectivity index (χ3v) is 4.89. The lowest BCUT2D eigenvalue weighted by molar-refractivity contribution is -0.133. The van der Waals surface area contributed by atoms with E-state index < -0.39 is 0 Å². The number of nitrogens with zero attached hydrogens (tertiary/aromatic N) is 2. The Kier molecular flexibility index (Phi) is 6.30. The zero-order chi connectivity index (χ0) is 14.4. The van der Waals surface area contributed by atoms with Gasteiger partial charge in [-0.05, 0) is 51.7 Å². The zero-order valence-corrected chi connectivity index (χ0v) is 13.2. The summed E-state index contributed by atoms with van der Waals surface area (Å²) >= 11 is 0. The summed E-state index contributed by atoms with van der Waals surface area (Å²) in [6, 6.07) is 0.487. The minimum Gasteiger partial charge on any atom is -0.342 e. The monoisotopic (exact) mass is 281 g/mol. The molecule has 1 saturated heterocycles. The summed E-state index contributed by atoms with van der Waals surface area (Å²) in [5.41, 5.74) is 0. The quantitative estimate of drug-likeness (QED) is 0.833. The van der Waals surface area contributed by atoms with Crippen LogP contribution in [0.1, 0.15) is 44.9 Å². The van der Waals surface area contributed by atoms with E-state index in [0.717, 1.165) is 19.6 Å². The van der Waals surface area contributed by atoms with E-state index in [9.17, 15) is 4.79 Å². The molecule has 1 heterocycles. The number of carbonyl (C=O) groups excluding carboxylic acids is 1. The summed E-state index contributed by atoms with van der Waals surface area (Å²) in [5.74, 6) is 1.00. The van der Waals surface area contributed by atoms with Gasteiger partial charge in [0.05, 0.1) is 6.54 Å². The van der Waals surface area contributed by atoms with Crippen LogP contribution in [-0.4, -0.2) is 62.0 Å². The summed E-state index contributed by atoms with van der Waals surface area (Å²) in [4.78, 5) is 16.6. The van der Waals surface area contributed by atoms with Crippen LogP contribution in [0.5, 0.6) is 0 Å². The van der Waals surface area contributed by atoms with Crippen LogP contribution < -0.4 is 5.32 Å². The first-order chi connectivity index (χ1) is 9.66. The van der Waals surface area contributed by atoms with Crippen LogP contribution in [0.3, 0.4) is 0 Å². The number of hydrogen-bond donors (Lipinski definition) is 1. The number of hydrogen-bond acceptors (Lipinski definition) is 3. The van der Waals surface area contributed by atoms with Crippen LogP contribution in [0.2, 0.25) is 0 Å². The van der Waals surface area contributed by atoms with Gasteiger partial charge in [-0.25, -0.2) is 0 Å². The molecule has 0 bridgehead atoms. The Morgan fingerprint density at radius 3 is 2.50 bits per heavy atom. The van der Waals surface area contributed by atoms with E-state index in [1.54, 1.807) is 0 Å². The van der Waals surface area contributed by atoms with Crippen molar-refractivity contribution in [2.75, 3.05) is 40.3 Å². The first-order valence-corrected chi connectivity index (χ1v) is 8.31. The van der Waals surface area contributed by atoms with Crippen LogP contribution in [0.25, 0.3) is 0 Å². The van der Waals surface area contributed by atoms with Gasteiger partial charge in [-0.2, -0.15) is 0 Å². The summed E-state index contributed by atoms with van der Waals surface area (Å²) in [6.07, 6.45) is 8.86. The molecule has 2 rings (SSSR count). The van der Waals surface area contributed by atoms with Crippen LogP contribution in [-0.2, 0) is 4.79 Å². The normalized spacial score (nSPS) is 24.9. The predicted molar refractivity (Wildman–Crippen MR) is 82.7 cm³/mol. The Balaban J connectivity index is 1.71. The van der Waals surface area contributed by atoms with E-state index >= 15 is 0 Å². The Morgan fingerprint density at radius 1 is 1.10 bits per heavy atom.